The lowest BCUT2D eigenvalue weighted by Gasteiger charge is -2.46. The molecule has 11 heteroatoms. The average Bonchev–Trinajstić information content (AvgIpc) is 2.61. The first-order valence-corrected chi connectivity index (χ1v) is 8.78. The lowest BCUT2D eigenvalue weighted by Crippen LogP contribution is -2.62. The molecule has 3 N–H and O–H groups in total. The van der Waals surface area contributed by atoms with Crippen molar-refractivity contribution < 1.29 is 22.7 Å². The van der Waals surface area contributed by atoms with Crippen LogP contribution >= 0.6 is 11.6 Å². The Morgan fingerprint density at radius 3 is 2.48 bits per heavy atom. The number of ether oxygens (including phenoxy) is 1. The van der Waals surface area contributed by atoms with Crippen molar-refractivity contribution in [3.63, 3.8) is 0 Å². The van der Waals surface area contributed by atoms with Gasteiger partial charge in [0.2, 0.25) is 0 Å². The highest BCUT2D eigenvalue weighted by molar-refractivity contribution is 6.29. The topological polar surface area (TPSA) is 102 Å². The summed E-state index contributed by atoms with van der Waals surface area (Å²) >= 11 is 5.63. The minimum atomic E-state index is -3.63. The van der Waals surface area contributed by atoms with Gasteiger partial charge in [-0.1, -0.05) is 11.6 Å². The first-order valence-electron chi connectivity index (χ1n) is 8.40. The molecule has 1 aromatic heterocycles. The second-order valence-corrected chi connectivity index (χ2v) is 7.49. The maximum absolute atomic E-state index is 15.2. The fraction of sp³-hybridized carbons (Fsp3) is 0.333. The van der Waals surface area contributed by atoms with Crippen molar-refractivity contribution in [1.29, 1.82) is 0 Å². The number of nitrogens with zero attached hydrogens (tertiary/aromatic N) is 3. The van der Waals surface area contributed by atoms with Crippen LogP contribution in [0, 0.1) is 5.82 Å². The van der Waals surface area contributed by atoms with E-state index in [0.717, 1.165) is 32.9 Å². The smallest absolute Gasteiger partial charge is 0.315 e. The third kappa shape index (κ3) is 3.48. The molecule has 0 saturated heterocycles. The summed E-state index contributed by atoms with van der Waals surface area (Å²) in [5, 5.41) is 9.73. The fourth-order valence-corrected chi connectivity index (χ4v) is 3.16. The van der Waals surface area contributed by atoms with E-state index in [2.05, 4.69) is 20.5 Å². The number of amides is 1. The van der Waals surface area contributed by atoms with Crippen molar-refractivity contribution >= 4 is 29.2 Å². The van der Waals surface area contributed by atoms with Crippen molar-refractivity contribution in [2.45, 2.75) is 37.8 Å². The Kier molecular flexibility index (Phi) is 4.94. The highest BCUT2D eigenvalue weighted by Crippen LogP contribution is 2.51. The largest absolute Gasteiger partial charge is 0.453 e. The van der Waals surface area contributed by atoms with Gasteiger partial charge in [-0.25, -0.2) is 9.38 Å². The molecule has 7 nitrogen and oxygen atoms in total. The third-order valence-corrected chi connectivity index (χ3v) is 4.88. The maximum atomic E-state index is 15.2. The summed E-state index contributed by atoms with van der Waals surface area (Å²) in [4.78, 5) is 16.0. The Balaban J connectivity index is 2.02. The van der Waals surface area contributed by atoms with Crippen molar-refractivity contribution in [1.82, 2.24) is 10.2 Å². The van der Waals surface area contributed by atoms with Gasteiger partial charge in [-0.05, 0) is 51.1 Å². The summed E-state index contributed by atoms with van der Waals surface area (Å²) in [6, 6.07) is 5.45. The first kappa shape index (κ1) is 20.8. The van der Waals surface area contributed by atoms with Crippen LogP contribution in [0.3, 0.4) is 0 Å². The normalized spacial score (nSPS) is 22.4. The number of hydrogen-bond acceptors (Lipinski definition) is 6. The van der Waals surface area contributed by atoms with Gasteiger partial charge in [-0.15, -0.1) is 10.2 Å². The lowest BCUT2D eigenvalue weighted by atomic mass is 9.77. The van der Waals surface area contributed by atoms with Gasteiger partial charge in [0.25, 0.3) is 11.9 Å². The summed E-state index contributed by atoms with van der Waals surface area (Å²) in [7, 11) is 0. The number of aromatic nitrogens is 2. The second kappa shape index (κ2) is 6.87. The van der Waals surface area contributed by atoms with Crippen molar-refractivity contribution in [3.8, 4) is 0 Å². The molecule has 2 heterocycles. The van der Waals surface area contributed by atoms with E-state index in [1.807, 2.05) is 0 Å². The molecule has 0 saturated carbocycles. The number of halogens is 4. The summed E-state index contributed by atoms with van der Waals surface area (Å²) in [6.45, 7) is 3.32. The molecule has 2 aromatic rings. The molecule has 154 valence electrons. The Bertz CT molecular complexity index is 997. The molecule has 1 aliphatic rings. The Hall–Kier alpha value is -2.88. The van der Waals surface area contributed by atoms with E-state index < -0.39 is 40.4 Å². The van der Waals surface area contributed by atoms with Crippen LogP contribution in [0.25, 0.3) is 0 Å². The zero-order valence-corrected chi connectivity index (χ0v) is 16.4. The van der Waals surface area contributed by atoms with Gasteiger partial charge in [0.05, 0.1) is 0 Å². The van der Waals surface area contributed by atoms with E-state index in [0.29, 0.717) is 0 Å². The van der Waals surface area contributed by atoms with Gasteiger partial charge < -0.3 is 15.8 Å². The van der Waals surface area contributed by atoms with E-state index in [1.54, 1.807) is 0 Å². The molecule has 0 radical (unpaired) electrons. The number of amidine groups is 1. The molecule has 0 bridgehead atoms. The quantitative estimate of drug-likeness (QED) is 0.780. The molecule has 1 amide bonds. The van der Waals surface area contributed by atoms with E-state index >= 15 is 8.78 Å². The Morgan fingerprint density at radius 1 is 1.17 bits per heavy atom. The van der Waals surface area contributed by atoms with E-state index in [9.17, 15) is 9.18 Å². The minimum absolute atomic E-state index is 0.0539. The average molecular weight is 428 g/mol. The molecule has 3 rings (SSSR count). The number of carbonyl (C=O) groups excluding carboxylic acids is 1. The molecule has 1 aromatic carbocycles. The second-order valence-electron chi connectivity index (χ2n) is 7.10. The standard InChI is InChI=1S/C18H17ClF3N5O2/c1-16(2)18(21,22)17(3,25-15(23)29-16)10-8-9(4-5-11(10)20)24-14(28)12-6-7-13(19)27-26-12/h4-8H,1-3H3,(H2,23,25)(H,24,28)/t17-/m1/s1. The molecule has 1 aliphatic heterocycles. The molecule has 0 aliphatic carbocycles. The Morgan fingerprint density at radius 2 is 1.86 bits per heavy atom. The van der Waals surface area contributed by atoms with Gasteiger partial charge >= 0.3 is 5.92 Å². The van der Waals surface area contributed by atoms with E-state index in [1.165, 1.54) is 18.2 Å². The molecule has 0 spiro atoms. The van der Waals surface area contributed by atoms with Gasteiger partial charge in [-0.3, -0.25) is 4.79 Å². The highest BCUT2D eigenvalue weighted by atomic mass is 35.5. The number of alkyl halides is 2. The molecule has 0 unspecified atom stereocenters. The van der Waals surface area contributed by atoms with Crippen molar-refractivity contribution in [2.24, 2.45) is 10.7 Å². The molecule has 1 atom stereocenters. The summed E-state index contributed by atoms with van der Waals surface area (Å²) in [6.07, 6.45) is 0. The predicted molar refractivity (Wildman–Crippen MR) is 100 cm³/mol. The van der Waals surface area contributed by atoms with Gasteiger partial charge in [-0.2, -0.15) is 8.78 Å². The third-order valence-electron chi connectivity index (χ3n) is 4.67. The van der Waals surface area contributed by atoms with E-state index in [4.69, 9.17) is 22.1 Å². The number of benzene rings is 1. The van der Waals surface area contributed by atoms with Crippen LogP contribution < -0.4 is 11.1 Å². The number of rotatable bonds is 3. The Labute approximate surface area is 169 Å². The summed E-state index contributed by atoms with van der Waals surface area (Å²) in [5.74, 6) is -5.25. The zero-order valence-electron chi connectivity index (χ0n) is 15.6. The van der Waals surface area contributed by atoms with Crippen LogP contribution in [-0.4, -0.2) is 33.6 Å². The van der Waals surface area contributed by atoms with Crippen LogP contribution in [0.15, 0.2) is 35.3 Å². The van der Waals surface area contributed by atoms with Gasteiger partial charge in [0, 0.05) is 11.3 Å². The number of anilines is 1. The van der Waals surface area contributed by atoms with Crippen molar-refractivity contribution in [2.75, 3.05) is 5.32 Å². The van der Waals surface area contributed by atoms with Crippen LogP contribution in [0.4, 0.5) is 18.9 Å². The number of aliphatic imine (C=N–C) groups is 1. The SMILES string of the molecule is CC1(C)OC(N)=N[C@](C)(c2cc(NC(=O)c3ccc(Cl)nn3)ccc2F)C1(F)F. The number of nitrogens with two attached hydrogens (primary N) is 1. The predicted octanol–water partition coefficient (Wildman–Crippen LogP) is 3.50. The molecular weight excluding hydrogens is 411 g/mol. The first-order chi connectivity index (χ1) is 13.4. The molecular formula is C18H17ClF3N5O2. The van der Waals surface area contributed by atoms with Crippen LogP contribution in [-0.2, 0) is 10.3 Å². The summed E-state index contributed by atoms with van der Waals surface area (Å²) < 4.78 is 49.9. The minimum Gasteiger partial charge on any atom is -0.453 e. The van der Waals surface area contributed by atoms with E-state index in [-0.39, 0.29) is 16.5 Å². The molecule has 29 heavy (non-hydrogen) atoms. The van der Waals surface area contributed by atoms with Gasteiger partial charge in [0.1, 0.15) is 5.82 Å². The monoisotopic (exact) mass is 427 g/mol. The number of carbonyl (C=O) groups is 1. The van der Waals surface area contributed by atoms with Crippen LogP contribution in [0.1, 0.15) is 36.8 Å². The zero-order chi connectivity index (χ0) is 21.6. The van der Waals surface area contributed by atoms with Gasteiger partial charge in [0.15, 0.2) is 22.0 Å². The van der Waals surface area contributed by atoms with Crippen molar-refractivity contribution in [3.05, 3.63) is 52.6 Å². The van der Waals surface area contributed by atoms with Crippen LogP contribution in [0.2, 0.25) is 5.15 Å². The highest BCUT2D eigenvalue weighted by Gasteiger charge is 2.66. The fourth-order valence-electron chi connectivity index (χ4n) is 3.06. The number of hydrogen-bond donors (Lipinski definition) is 2. The summed E-state index contributed by atoms with van der Waals surface area (Å²) in [5.41, 5.74) is 0.697. The lowest BCUT2D eigenvalue weighted by molar-refractivity contribution is -0.207. The maximum Gasteiger partial charge on any atom is 0.315 e. The molecule has 0 fully saturated rings. The number of nitrogens with one attached hydrogen (secondary N) is 1. The van der Waals surface area contributed by atoms with Crippen LogP contribution in [0.5, 0.6) is 0 Å².